The summed E-state index contributed by atoms with van der Waals surface area (Å²) in [7, 11) is 0. The maximum Gasteiger partial charge on any atom is 0.328 e. The lowest BCUT2D eigenvalue weighted by molar-refractivity contribution is -0.143. The van der Waals surface area contributed by atoms with E-state index in [2.05, 4.69) is 15.5 Å². The van der Waals surface area contributed by atoms with Crippen molar-refractivity contribution >= 4 is 11.8 Å². The molecule has 26 heavy (non-hydrogen) atoms. The first kappa shape index (κ1) is 17.5. The number of tetrazole rings is 1. The fourth-order valence-electron chi connectivity index (χ4n) is 2.71. The molecule has 9 heteroatoms. The molecule has 0 aliphatic carbocycles. The van der Waals surface area contributed by atoms with Crippen molar-refractivity contribution < 1.29 is 18.7 Å². The highest BCUT2D eigenvalue weighted by Crippen LogP contribution is 2.21. The molecule has 0 aliphatic heterocycles. The molecule has 2 aromatic heterocycles. The average Bonchev–Trinajstić information content (AvgIpc) is 3.20. The molecule has 1 aromatic carbocycles. The number of ether oxygens (including phenoxy) is 1. The third kappa shape index (κ3) is 3.66. The summed E-state index contributed by atoms with van der Waals surface area (Å²) >= 11 is 0. The Labute approximate surface area is 148 Å². The van der Waals surface area contributed by atoms with Gasteiger partial charge in [-0.25, -0.2) is 9.07 Å². The van der Waals surface area contributed by atoms with E-state index in [1.54, 1.807) is 29.7 Å². The summed E-state index contributed by atoms with van der Waals surface area (Å²) in [6.07, 6.45) is 1.27. The van der Waals surface area contributed by atoms with Gasteiger partial charge in [0.05, 0.1) is 0 Å². The zero-order valence-electron chi connectivity index (χ0n) is 14.2. The van der Waals surface area contributed by atoms with Gasteiger partial charge in [0.25, 0.3) is 0 Å². The molecule has 8 nitrogen and oxygen atoms in total. The summed E-state index contributed by atoms with van der Waals surface area (Å²) in [5.74, 6) is -1.32. The van der Waals surface area contributed by atoms with E-state index in [4.69, 9.17) is 4.74 Å². The molecule has 0 amide bonds. The normalized spacial score (nSPS) is 10.7. The van der Waals surface area contributed by atoms with Crippen LogP contribution in [0.4, 0.5) is 4.39 Å². The van der Waals surface area contributed by atoms with Crippen LogP contribution in [0.5, 0.6) is 0 Å². The molecule has 0 radical (unpaired) electrons. The molecule has 0 aliphatic rings. The zero-order chi connectivity index (χ0) is 18.7. The van der Waals surface area contributed by atoms with Crippen molar-refractivity contribution in [2.45, 2.75) is 20.4 Å². The van der Waals surface area contributed by atoms with Gasteiger partial charge in [0.1, 0.15) is 18.7 Å². The fourth-order valence-corrected chi connectivity index (χ4v) is 2.71. The van der Waals surface area contributed by atoms with Gasteiger partial charge in [-0.2, -0.15) is 0 Å². The third-order valence-electron chi connectivity index (χ3n) is 3.84. The van der Waals surface area contributed by atoms with Crippen molar-refractivity contribution in [3.05, 3.63) is 59.4 Å². The topological polar surface area (TPSA) is 91.9 Å². The number of carbonyl (C=O) groups excluding carboxylic acids is 2. The van der Waals surface area contributed by atoms with Gasteiger partial charge in [0.15, 0.2) is 6.61 Å². The number of hydrogen-bond donors (Lipinski definition) is 0. The summed E-state index contributed by atoms with van der Waals surface area (Å²) in [6.45, 7) is 3.00. The molecule has 0 unspecified atom stereocenters. The highest BCUT2D eigenvalue weighted by Gasteiger charge is 2.18. The highest BCUT2D eigenvalue weighted by molar-refractivity contribution is 5.99. The highest BCUT2D eigenvalue weighted by atomic mass is 19.1. The summed E-state index contributed by atoms with van der Waals surface area (Å²) in [6, 6.07) is 7.79. The Morgan fingerprint density at radius 1 is 1.23 bits per heavy atom. The maximum atomic E-state index is 13.5. The minimum Gasteiger partial charge on any atom is -0.456 e. The minimum absolute atomic E-state index is 0.178. The molecule has 3 rings (SSSR count). The van der Waals surface area contributed by atoms with Crippen LogP contribution in [0.25, 0.3) is 5.69 Å². The van der Waals surface area contributed by atoms with E-state index in [0.717, 1.165) is 5.69 Å². The second-order valence-corrected chi connectivity index (χ2v) is 5.69. The number of nitrogens with zero attached hydrogens (tertiary/aromatic N) is 5. The number of benzene rings is 1. The molecule has 134 valence electrons. The van der Waals surface area contributed by atoms with Gasteiger partial charge < -0.3 is 9.30 Å². The largest absolute Gasteiger partial charge is 0.456 e. The molecular formula is C17H16FN5O3. The van der Waals surface area contributed by atoms with Gasteiger partial charge in [0, 0.05) is 22.6 Å². The summed E-state index contributed by atoms with van der Waals surface area (Å²) in [5, 5.41) is 10.4. The quantitative estimate of drug-likeness (QED) is 0.492. The maximum absolute atomic E-state index is 13.5. The van der Waals surface area contributed by atoms with E-state index in [9.17, 15) is 14.0 Å². The molecule has 0 fully saturated rings. The second-order valence-electron chi connectivity index (χ2n) is 5.69. The van der Waals surface area contributed by atoms with Crippen molar-refractivity contribution in [2.24, 2.45) is 0 Å². The van der Waals surface area contributed by atoms with Crippen LogP contribution >= 0.6 is 0 Å². The number of carbonyl (C=O) groups is 2. The van der Waals surface area contributed by atoms with E-state index < -0.39 is 12.6 Å². The molecule has 3 aromatic rings. The predicted octanol–water partition coefficient (Wildman–Crippen LogP) is 1.65. The van der Waals surface area contributed by atoms with Crippen LogP contribution in [-0.2, 0) is 16.1 Å². The zero-order valence-corrected chi connectivity index (χ0v) is 14.2. The Morgan fingerprint density at radius 2 is 2.04 bits per heavy atom. The van der Waals surface area contributed by atoms with Gasteiger partial charge in [-0.15, -0.1) is 5.10 Å². The van der Waals surface area contributed by atoms with Crippen LogP contribution < -0.4 is 0 Å². The van der Waals surface area contributed by atoms with Crippen molar-refractivity contribution in [1.82, 2.24) is 24.8 Å². The van der Waals surface area contributed by atoms with Crippen molar-refractivity contribution in [2.75, 3.05) is 6.61 Å². The first-order valence-electron chi connectivity index (χ1n) is 7.80. The lowest BCUT2D eigenvalue weighted by Gasteiger charge is -2.10. The minimum atomic E-state index is -0.621. The number of Topliss-reactive ketones (excluding diaryl/α,β-unsaturated/α-hetero) is 1. The van der Waals surface area contributed by atoms with E-state index in [0.29, 0.717) is 16.9 Å². The first-order valence-corrected chi connectivity index (χ1v) is 7.80. The number of esters is 1. The van der Waals surface area contributed by atoms with E-state index in [-0.39, 0.29) is 18.1 Å². The fraction of sp³-hybridized carbons (Fsp3) is 0.235. The van der Waals surface area contributed by atoms with Crippen LogP contribution in [0.2, 0.25) is 0 Å². The first-order chi connectivity index (χ1) is 12.5. The number of aryl methyl sites for hydroxylation is 1. The molecular weight excluding hydrogens is 341 g/mol. The van der Waals surface area contributed by atoms with Crippen LogP contribution in [0.15, 0.2) is 36.7 Å². The van der Waals surface area contributed by atoms with Gasteiger partial charge in [-0.3, -0.25) is 9.59 Å². The summed E-state index contributed by atoms with van der Waals surface area (Å²) < 4.78 is 21.5. The lowest BCUT2D eigenvalue weighted by atomic mass is 10.1. The lowest BCUT2D eigenvalue weighted by Crippen LogP contribution is -2.19. The van der Waals surface area contributed by atoms with Crippen molar-refractivity contribution in [1.29, 1.82) is 0 Å². The van der Waals surface area contributed by atoms with Crippen molar-refractivity contribution in [3.63, 3.8) is 0 Å². The smallest absolute Gasteiger partial charge is 0.328 e. The van der Waals surface area contributed by atoms with Crippen LogP contribution in [0.1, 0.15) is 21.7 Å². The predicted molar refractivity (Wildman–Crippen MR) is 88.3 cm³/mol. The van der Waals surface area contributed by atoms with Gasteiger partial charge in [-0.1, -0.05) is 6.07 Å². The standard InChI is InChI=1S/C17H16FN5O3/c1-11-6-15(12(2)23(11)14-5-3-4-13(18)7-14)16(24)9-26-17(25)8-22-10-19-20-21-22/h3-7,10H,8-9H2,1-2H3. The SMILES string of the molecule is Cc1cc(C(=O)COC(=O)Cn2cnnn2)c(C)n1-c1cccc(F)c1. The Balaban J connectivity index is 1.72. The molecule has 0 bridgehead atoms. The van der Waals surface area contributed by atoms with Crippen LogP contribution in [0.3, 0.4) is 0 Å². The Hall–Kier alpha value is -3.36. The molecule has 0 N–H and O–H groups in total. The molecule has 0 saturated carbocycles. The second kappa shape index (κ2) is 7.26. The number of ketones is 1. The van der Waals surface area contributed by atoms with Gasteiger partial charge in [-0.05, 0) is 48.5 Å². The van der Waals surface area contributed by atoms with Crippen LogP contribution in [-0.4, -0.2) is 43.1 Å². The van der Waals surface area contributed by atoms with Crippen LogP contribution in [0, 0.1) is 19.7 Å². The molecule has 0 spiro atoms. The number of aromatic nitrogens is 5. The molecule has 0 saturated heterocycles. The summed E-state index contributed by atoms with van der Waals surface area (Å²) in [5.41, 5.74) is 2.46. The third-order valence-corrected chi connectivity index (χ3v) is 3.84. The Kier molecular flexibility index (Phi) is 4.87. The number of rotatable bonds is 6. The van der Waals surface area contributed by atoms with E-state index in [1.165, 1.54) is 23.1 Å². The Bertz CT molecular complexity index is 949. The molecule has 2 heterocycles. The summed E-state index contributed by atoms with van der Waals surface area (Å²) in [4.78, 5) is 24.1. The van der Waals surface area contributed by atoms with Gasteiger partial charge >= 0.3 is 5.97 Å². The number of halogens is 1. The monoisotopic (exact) mass is 357 g/mol. The average molecular weight is 357 g/mol. The molecule has 0 atom stereocenters. The van der Waals surface area contributed by atoms with E-state index in [1.807, 2.05) is 6.92 Å². The van der Waals surface area contributed by atoms with E-state index >= 15 is 0 Å². The number of hydrogen-bond acceptors (Lipinski definition) is 6. The Morgan fingerprint density at radius 3 is 2.73 bits per heavy atom. The van der Waals surface area contributed by atoms with Gasteiger partial charge in [0.2, 0.25) is 5.78 Å². The van der Waals surface area contributed by atoms with Crippen molar-refractivity contribution in [3.8, 4) is 5.69 Å².